The number of carbonyl (C=O) groups is 3. The average Bonchev–Trinajstić information content (AvgIpc) is 3.48. The number of carbonyl (C=O) groups excluding carboxylic acids is 3. The summed E-state index contributed by atoms with van der Waals surface area (Å²) in [6, 6.07) is 8.96. The third kappa shape index (κ3) is 5.03. The van der Waals surface area contributed by atoms with Gasteiger partial charge in [0, 0.05) is 10.9 Å². The third-order valence-electron chi connectivity index (χ3n) is 5.14. The molecule has 152 valence electrons. The fourth-order valence-electron chi connectivity index (χ4n) is 3.44. The summed E-state index contributed by atoms with van der Waals surface area (Å²) in [6.45, 7) is -0.389. The minimum atomic E-state index is -0.474. The van der Waals surface area contributed by atoms with Gasteiger partial charge in [-0.25, -0.2) is 4.79 Å². The van der Waals surface area contributed by atoms with Crippen molar-refractivity contribution < 1.29 is 19.1 Å². The van der Waals surface area contributed by atoms with Gasteiger partial charge in [-0.15, -0.1) is 11.3 Å². The van der Waals surface area contributed by atoms with Crippen LogP contribution >= 0.6 is 11.3 Å². The highest BCUT2D eigenvalue weighted by atomic mass is 32.1. The molecule has 0 saturated heterocycles. The molecule has 2 aliphatic rings. The van der Waals surface area contributed by atoms with Crippen LogP contribution in [-0.4, -0.2) is 30.4 Å². The van der Waals surface area contributed by atoms with Crippen LogP contribution in [0, 0.1) is 0 Å². The lowest BCUT2D eigenvalue weighted by Crippen LogP contribution is -2.27. The number of thiophene rings is 1. The number of hydrogen-bond donors (Lipinski definition) is 2. The van der Waals surface area contributed by atoms with Gasteiger partial charge in [0.05, 0.1) is 11.3 Å². The van der Waals surface area contributed by atoms with Gasteiger partial charge >= 0.3 is 5.97 Å². The van der Waals surface area contributed by atoms with Gasteiger partial charge in [0.15, 0.2) is 6.61 Å². The second-order valence-corrected chi connectivity index (χ2v) is 8.67. The van der Waals surface area contributed by atoms with Gasteiger partial charge in [0.25, 0.3) is 11.8 Å². The zero-order chi connectivity index (χ0) is 20.2. The van der Waals surface area contributed by atoms with Crippen LogP contribution in [-0.2, 0) is 22.4 Å². The number of anilines is 1. The molecular weight excluding hydrogens is 388 g/mol. The van der Waals surface area contributed by atoms with Gasteiger partial charge in [-0.1, -0.05) is 18.6 Å². The molecule has 2 aromatic rings. The fraction of sp³-hybridized carbons (Fsp3) is 0.409. The summed E-state index contributed by atoms with van der Waals surface area (Å²) in [5, 5.41) is 5.58. The molecule has 1 heterocycles. The van der Waals surface area contributed by atoms with Gasteiger partial charge in [-0.2, -0.15) is 0 Å². The largest absolute Gasteiger partial charge is 0.451 e. The van der Waals surface area contributed by atoms with E-state index in [1.807, 2.05) is 6.07 Å². The highest BCUT2D eigenvalue weighted by Crippen LogP contribution is 2.29. The third-order valence-corrected chi connectivity index (χ3v) is 6.36. The lowest BCUT2D eigenvalue weighted by atomic mass is 10.1. The zero-order valence-corrected chi connectivity index (χ0v) is 17.0. The van der Waals surface area contributed by atoms with Crippen LogP contribution < -0.4 is 10.6 Å². The summed E-state index contributed by atoms with van der Waals surface area (Å²) < 4.78 is 5.20. The molecule has 2 amide bonds. The molecule has 2 N–H and O–H groups in total. The monoisotopic (exact) mass is 412 g/mol. The van der Waals surface area contributed by atoms with E-state index in [-0.39, 0.29) is 18.6 Å². The molecular formula is C22H24N2O4S. The van der Waals surface area contributed by atoms with Gasteiger partial charge in [-0.05, 0) is 62.3 Å². The van der Waals surface area contributed by atoms with E-state index in [1.54, 1.807) is 24.3 Å². The first-order valence-electron chi connectivity index (χ1n) is 10.1. The molecule has 1 aromatic carbocycles. The first kappa shape index (κ1) is 19.6. The standard InChI is InChI=1S/C22H24N2O4S/c25-20(24-17-8-5-4-7-16(17)21(26)23-15-10-11-15)13-28-22(27)19-12-14-6-2-1-3-9-18(14)29-19/h4-5,7-8,12,15H,1-3,6,9-11,13H2,(H,23,26)(H,24,25). The van der Waals surface area contributed by atoms with Crippen LogP contribution in [0.15, 0.2) is 30.3 Å². The summed E-state index contributed by atoms with van der Waals surface area (Å²) >= 11 is 1.47. The van der Waals surface area contributed by atoms with Crippen LogP contribution in [0.25, 0.3) is 0 Å². The molecule has 2 aliphatic carbocycles. The molecule has 7 heteroatoms. The Morgan fingerprint density at radius 2 is 1.86 bits per heavy atom. The molecule has 1 aromatic heterocycles. The lowest BCUT2D eigenvalue weighted by molar-refractivity contribution is -0.119. The zero-order valence-electron chi connectivity index (χ0n) is 16.2. The van der Waals surface area contributed by atoms with Crippen molar-refractivity contribution in [2.75, 3.05) is 11.9 Å². The number of benzene rings is 1. The topological polar surface area (TPSA) is 84.5 Å². The van der Waals surface area contributed by atoms with Crippen molar-refractivity contribution in [2.24, 2.45) is 0 Å². The first-order valence-corrected chi connectivity index (χ1v) is 10.9. The quantitative estimate of drug-likeness (QED) is 0.560. The normalized spacial score (nSPS) is 15.7. The van der Waals surface area contributed by atoms with E-state index in [4.69, 9.17) is 4.74 Å². The number of hydrogen-bond acceptors (Lipinski definition) is 5. The number of fused-ring (bicyclic) bond motifs is 1. The van der Waals surface area contributed by atoms with Gasteiger partial charge in [0.2, 0.25) is 0 Å². The van der Waals surface area contributed by atoms with Crippen molar-refractivity contribution in [2.45, 2.75) is 51.0 Å². The van der Waals surface area contributed by atoms with Crippen LogP contribution in [0.2, 0.25) is 0 Å². The molecule has 0 unspecified atom stereocenters. The van der Waals surface area contributed by atoms with Crippen LogP contribution in [0.4, 0.5) is 5.69 Å². The summed E-state index contributed by atoms with van der Waals surface area (Å²) in [5.41, 5.74) is 2.05. The van der Waals surface area contributed by atoms with Crippen molar-refractivity contribution in [3.8, 4) is 0 Å². The van der Waals surface area contributed by atoms with Crippen molar-refractivity contribution in [1.29, 1.82) is 0 Å². The summed E-state index contributed by atoms with van der Waals surface area (Å²) in [7, 11) is 0. The SMILES string of the molecule is O=C(COC(=O)c1cc2c(s1)CCCCC2)Nc1ccccc1C(=O)NC1CC1. The smallest absolute Gasteiger partial charge is 0.348 e. The molecule has 0 atom stereocenters. The minimum Gasteiger partial charge on any atom is -0.451 e. The van der Waals surface area contributed by atoms with E-state index in [2.05, 4.69) is 10.6 Å². The lowest BCUT2D eigenvalue weighted by Gasteiger charge is -2.11. The molecule has 0 spiro atoms. The molecule has 6 nitrogen and oxygen atoms in total. The predicted molar refractivity (Wildman–Crippen MR) is 111 cm³/mol. The van der Waals surface area contributed by atoms with E-state index in [9.17, 15) is 14.4 Å². The van der Waals surface area contributed by atoms with E-state index >= 15 is 0 Å². The second kappa shape index (κ2) is 8.78. The maximum atomic E-state index is 12.4. The van der Waals surface area contributed by atoms with Crippen molar-refractivity contribution >= 4 is 34.8 Å². The van der Waals surface area contributed by atoms with Crippen LogP contribution in [0.1, 0.15) is 62.6 Å². The van der Waals surface area contributed by atoms with E-state index in [0.29, 0.717) is 16.1 Å². The fourth-order valence-corrected chi connectivity index (χ4v) is 4.58. The number of nitrogens with one attached hydrogen (secondary N) is 2. The Hall–Kier alpha value is -2.67. The summed E-state index contributed by atoms with van der Waals surface area (Å²) in [6.07, 6.45) is 7.51. The molecule has 29 heavy (non-hydrogen) atoms. The van der Waals surface area contributed by atoms with Crippen LogP contribution in [0.5, 0.6) is 0 Å². The van der Waals surface area contributed by atoms with Gasteiger partial charge in [-0.3, -0.25) is 9.59 Å². The maximum absolute atomic E-state index is 12.4. The molecule has 1 fully saturated rings. The predicted octanol–water partition coefficient (Wildman–Crippen LogP) is 3.70. The Labute approximate surface area is 173 Å². The number of aryl methyl sites for hydroxylation is 2. The molecule has 0 aliphatic heterocycles. The number of amides is 2. The Balaban J connectivity index is 1.33. The average molecular weight is 413 g/mol. The first-order chi connectivity index (χ1) is 14.1. The molecule has 0 radical (unpaired) electrons. The van der Waals surface area contributed by atoms with E-state index < -0.39 is 11.9 Å². The van der Waals surface area contributed by atoms with E-state index in [1.165, 1.54) is 28.2 Å². The second-order valence-electron chi connectivity index (χ2n) is 7.54. The van der Waals surface area contributed by atoms with Crippen molar-refractivity contribution in [3.63, 3.8) is 0 Å². The highest BCUT2D eigenvalue weighted by Gasteiger charge is 2.25. The van der Waals surface area contributed by atoms with Gasteiger partial charge in [0.1, 0.15) is 4.88 Å². The number of ether oxygens (including phenoxy) is 1. The van der Waals surface area contributed by atoms with Gasteiger partial charge < -0.3 is 15.4 Å². The van der Waals surface area contributed by atoms with E-state index in [0.717, 1.165) is 38.5 Å². The summed E-state index contributed by atoms with van der Waals surface area (Å²) in [5.74, 6) is -1.15. The van der Waals surface area contributed by atoms with Crippen molar-refractivity contribution in [3.05, 3.63) is 51.2 Å². The molecule has 1 saturated carbocycles. The van der Waals surface area contributed by atoms with Crippen LogP contribution in [0.3, 0.4) is 0 Å². The Morgan fingerprint density at radius 3 is 2.69 bits per heavy atom. The Kier molecular flexibility index (Phi) is 5.94. The molecule has 4 rings (SSSR count). The number of para-hydroxylation sites is 1. The molecule has 0 bridgehead atoms. The minimum absolute atomic E-state index is 0.208. The van der Waals surface area contributed by atoms with Crippen molar-refractivity contribution in [1.82, 2.24) is 5.32 Å². The Morgan fingerprint density at radius 1 is 1.07 bits per heavy atom. The Bertz CT molecular complexity index is 909. The maximum Gasteiger partial charge on any atom is 0.348 e. The highest BCUT2D eigenvalue weighted by molar-refractivity contribution is 7.14. The number of esters is 1. The number of rotatable bonds is 6. The summed E-state index contributed by atoms with van der Waals surface area (Å²) in [4.78, 5) is 38.8.